The fourth-order valence-corrected chi connectivity index (χ4v) is 6.38. The summed E-state index contributed by atoms with van der Waals surface area (Å²) in [7, 11) is 1.67. The second-order valence-corrected chi connectivity index (χ2v) is 12.1. The number of nitrogens with zero attached hydrogens (tertiary/aromatic N) is 5. The molecule has 0 bridgehead atoms. The zero-order chi connectivity index (χ0) is 33.0. The third-order valence-corrected chi connectivity index (χ3v) is 8.80. The minimum Gasteiger partial charge on any atom is -0.425 e. The van der Waals surface area contributed by atoms with E-state index in [9.17, 15) is 14.3 Å². The number of halogens is 2. The number of rotatable bonds is 11. The monoisotopic (exact) mass is 643 g/mol. The third kappa shape index (κ3) is 7.02. The molecule has 0 radical (unpaired) electrons. The van der Waals surface area contributed by atoms with Gasteiger partial charge < -0.3 is 15.2 Å². The Kier molecular flexibility index (Phi) is 9.67. The first-order chi connectivity index (χ1) is 22.0. The molecule has 1 unspecified atom stereocenters. The van der Waals surface area contributed by atoms with Crippen molar-refractivity contribution in [3.63, 3.8) is 0 Å². The van der Waals surface area contributed by atoms with Crippen molar-refractivity contribution in [2.75, 3.05) is 13.6 Å². The minimum atomic E-state index is -1.85. The van der Waals surface area contributed by atoms with E-state index in [1.807, 2.05) is 35.9 Å². The van der Waals surface area contributed by atoms with Crippen LogP contribution in [-0.4, -0.2) is 39.4 Å². The fraction of sp³-hybridized carbons (Fsp3) is 0.265. The van der Waals surface area contributed by atoms with Crippen LogP contribution in [0.1, 0.15) is 45.7 Å². The molecular weight excluding hydrogens is 610 g/mol. The van der Waals surface area contributed by atoms with Gasteiger partial charge in [0.25, 0.3) is 6.33 Å². The second-order valence-electron chi connectivity index (χ2n) is 11.2. The summed E-state index contributed by atoms with van der Waals surface area (Å²) >= 11 is 1.32. The maximum atomic E-state index is 15.3. The van der Waals surface area contributed by atoms with Crippen molar-refractivity contribution in [1.29, 1.82) is 5.26 Å². The standard InChI is InChI=1S/C34H33F2N6O3S/c1-21-11-25(12-22(2)32(21)45-31(43)15-38-4)16-41-19-39-42(20-41)18-34(44,28-10-9-27(35)13-29(28)36)23(3)33-40-30(17-46-33)26-7-5-24(14-37)6-8-26/h5-13,17,19-20,23,38,44H,15-16,18H2,1-4H3/q+1/t23?,34-/m1/s1. The molecular formula is C34H33F2N6O3S+. The van der Waals surface area contributed by atoms with Crippen molar-refractivity contribution >= 4 is 17.3 Å². The Morgan fingerprint density at radius 2 is 1.89 bits per heavy atom. The first-order valence-corrected chi connectivity index (χ1v) is 15.4. The summed E-state index contributed by atoms with van der Waals surface area (Å²) < 4.78 is 38.0. The maximum Gasteiger partial charge on any atom is 0.325 e. The van der Waals surface area contributed by atoms with Gasteiger partial charge in [-0.1, -0.05) is 25.1 Å². The third-order valence-electron chi connectivity index (χ3n) is 7.77. The average Bonchev–Trinajstić information content (AvgIpc) is 3.68. The molecule has 2 N–H and O–H groups in total. The number of hydrogen-bond donors (Lipinski definition) is 2. The van der Waals surface area contributed by atoms with E-state index in [0.717, 1.165) is 34.4 Å². The quantitative estimate of drug-likeness (QED) is 0.119. The molecule has 0 saturated carbocycles. The highest BCUT2D eigenvalue weighted by Crippen LogP contribution is 2.41. The molecule has 0 spiro atoms. The Bertz CT molecular complexity index is 1890. The molecule has 12 heteroatoms. The van der Waals surface area contributed by atoms with Crippen molar-refractivity contribution < 1.29 is 28.0 Å². The van der Waals surface area contributed by atoms with Gasteiger partial charge in [-0.25, -0.2) is 18.3 Å². The van der Waals surface area contributed by atoms with E-state index in [1.165, 1.54) is 22.1 Å². The lowest BCUT2D eigenvalue weighted by Crippen LogP contribution is -2.39. The van der Waals surface area contributed by atoms with Crippen molar-refractivity contribution in [1.82, 2.24) is 20.1 Å². The molecule has 5 rings (SSSR count). The SMILES string of the molecule is CNCC(=O)Oc1c(C)cc(C[n+]2cnn(C[C@](O)(c3ccc(F)cc3F)C(C)c3nc(-c4ccc(C#N)cc4)cs3)c2)cc1C. The van der Waals surface area contributed by atoms with Crippen LogP contribution in [0, 0.1) is 36.8 Å². The van der Waals surface area contributed by atoms with Gasteiger partial charge in [-0.2, -0.15) is 5.26 Å². The number of nitrogens with one attached hydrogen (secondary N) is 1. The number of likely N-dealkylation sites (N-methyl/N-ethyl adjacent to an activating group) is 1. The molecule has 0 amide bonds. The number of carbonyl (C=O) groups is 1. The van der Waals surface area contributed by atoms with E-state index in [4.69, 9.17) is 15.0 Å². The lowest BCUT2D eigenvalue weighted by molar-refractivity contribution is -0.689. The Morgan fingerprint density at radius 1 is 1.17 bits per heavy atom. The number of aliphatic hydroxyl groups is 1. The van der Waals surface area contributed by atoms with E-state index >= 15 is 4.39 Å². The number of nitriles is 1. The topological polar surface area (TPSA) is 117 Å². The normalized spacial score (nSPS) is 13.2. The molecule has 2 heterocycles. The number of ether oxygens (including phenoxy) is 1. The minimum absolute atomic E-state index is 0.0757. The van der Waals surface area contributed by atoms with E-state index in [2.05, 4.69) is 16.5 Å². The summed E-state index contributed by atoms with van der Waals surface area (Å²) in [6, 6.07) is 16.1. The van der Waals surface area contributed by atoms with E-state index < -0.39 is 23.2 Å². The van der Waals surface area contributed by atoms with E-state index in [-0.39, 0.29) is 24.6 Å². The van der Waals surface area contributed by atoms with Crippen LogP contribution in [0.15, 0.2) is 72.6 Å². The number of aryl methyl sites for hydroxylation is 2. The van der Waals surface area contributed by atoms with Gasteiger partial charge in [0.1, 0.15) is 29.5 Å². The molecule has 46 heavy (non-hydrogen) atoms. The van der Waals surface area contributed by atoms with Crippen LogP contribution < -0.4 is 14.6 Å². The zero-order valence-electron chi connectivity index (χ0n) is 25.8. The molecule has 0 aliphatic carbocycles. The molecule has 9 nitrogen and oxygen atoms in total. The summed E-state index contributed by atoms with van der Waals surface area (Å²) in [4.78, 5) is 16.7. The molecule has 3 aromatic carbocycles. The largest absolute Gasteiger partial charge is 0.425 e. The molecule has 2 atom stereocenters. The van der Waals surface area contributed by atoms with Crippen LogP contribution in [0.4, 0.5) is 8.78 Å². The van der Waals surface area contributed by atoms with Crippen LogP contribution in [-0.2, 0) is 23.5 Å². The molecule has 0 aliphatic rings. The molecule has 0 fully saturated rings. The Hall–Kier alpha value is -4.83. The van der Waals surface area contributed by atoms with Gasteiger partial charge in [0, 0.05) is 33.6 Å². The molecule has 2 aromatic heterocycles. The highest BCUT2D eigenvalue weighted by molar-refractivity contribution is 7.10. The number of aromatic nitrogens is 4. The van der Waals surface area contributed by atoms with Gasteiger partial charge >= 0.3 is 5.97 Å². The van der Waals surface area contributed by atoms with Crippen LogP contribution in [0.3, 0.4) is 0 Å². The summed E-state index contributed by atoms with van der Waals surface area (Å²) in [6.45, 7) is 5.88. The van der Waals surface area contributed by atoms with E-state index in [1.54, 1.807) is 50.9 Å². The Labute approximate surface area is 269 Å². The fourth-order valence-electron chi connectivity index (χ4n) is 5.41. The van der Waals surface area contributed by atoms with Gasteiger partial charge in [0.2, 0.25) is 6.33 Å². The predicted octanol–water partition coefficient (Wildman–Crippen LogP) is 4.93. The van der Waals surface area contributed by atoms with Crippen molar-refractivity contribution in [2.45, 2.75) is 45.4 Å². The van der Waals surface area contributed by atoms with Gasteiger partial charge in [-0.3, -0.25) is 4.79 Å². The summed E-state index contributed by atoms with van der Waals surface area (Å²) in [6.07, 6.45) is 3.30. The Balaban J connectivity index is 1.41. The highest BCUT2D eigenvalue weighted by Gasteiger charge is 2.43. The number of hydrogen-bond acceptors (Lipinski definition) is 8. The lowest BCUT2D eigenvalue weighted by Gasteiger charge is -2.32. The highest BCUT2D eigenvalue weighted by atomic mass is 32.1. The molecule has 5 aromatic rings. The van der Waals surface area contributed by atoms with Crippen molar-refractivity contribution in [2.24, 2.45) is 0 Å². The van der Waals surface area contributed by atoms with Crippen molar-refractivity contribution in [3.8, 4) is 23.1 Å². The molecule has 0 aliphatic heterocycles. The van der Waals surface area contributed by atoms with Crippen LogP contribution in [0.5, 0.6) is 5.75 Å². The van der Waals surface area contributed by atoms with Gasteiger partial charge in [0.15, 0.2) is 0 Å². The van der Waals surface area contributed by atoms with Crippen LogP contribution in [0.25, 0.3) is 11.3 Å². The second kappa shape index (κ2) is 13.7. The number of esters is 1. The summed E-state index contributed by atoms with van der Waals surface area (Å²) in [5.41, 5.74) is 2.62. The molecule has 0 saturated heterocycles. The first-order valence-electron chi connectivity index (χ1n) is 14.5. The van der Waals surface area contributed by atoms with Crippen LogP contribution in [0.2, 0.25) is 0 Å². The smallest absolute Gasteiger partial charge is 0.325 e. The summed E-state index contributed by atoms with van der Waals surface area (Å²) in [5, 5.41) is 31.0. The van der Waals surface area contributed by atoms with Crippen LogP contribution >= 0.6 is 11.3 Å². The molecule has 236 valence electrons. The van der Waals surface area contributed by atoms with E-state index in [0.29, 0.717) is 28.6 Å². The lowest BCUT2D eigenvalue weighted by atomic mass is 9.82. The maximum absolute atomic E-state index is 15.3. The zero-order valence-corrected chi connectivity index (χ0v) is 26.6. The van der Waals surface area contributed by atoms with Gasteiger partial charge in [-0.15, -0.1) is 16.0 Å². The summed E-state index contributed by atoms with van der Waals surface area (Å²) in [5.74, 6) is -2.20. The number of carbonyl (C=O) groups excluding carboxylic acids is 1. The average molecular weight is 644 g/mol. The number of thiazole rings is 1. The first kappa shape index (κ1) is 32.6. The van der Waals surface area contributed by atoms with Gasteiger partial charge in [-0.05, 0) is 67.9 Å². The number of benzene rings is 3. The van der Waals surface area contributed by atoms with Crippen molar-refractivity contribution in [3.05, 3.63) is 117 Å². The van der Waals surface area contributed by atoms with Gasteiger partial charge in [0.05, 0.1) is 35.4 Å². The Morgan fingerprint density at radius 3 is 2.54 bits per heavy atom. The predicted molar refractivity (Wildman–Crippen MR) is 168 cm³/mol.